The molecule has 114 valence electrons. The zero-order valence-electron chi connectivity index (χ0n) is 12.9. The Hall–Kier alpha value is -0.610. The third kappa shape index (κ3) is 2.86. The first-order valence-corrected chi connectivity index (χ1v) is 8.17. The monoisotopic (exact) mass is 280 g/mol. The molecule has 3 saturated heterocycles. The van der Waals surface area contributed by atoms with Crippen molar-refractivity contribution in [3.8, 4) is 0 Å². The van der Waals surface area contributed by atoms with Gasteiger partial charge in [0.15, 0.2) is 0 Å². The summed E-state index contributed by atoms with van der Waals surface area (Å²) in [7, 11) is 0. The van der Waals surface area contributed by atoms with Gasteiger partial charge in [0.1, 0.15) is 0 Å². The number of rotatable bonds is 3. The molecule has 4 nitrogen and oxygen atoms in total. The van der Waals surface area contributed by atoms with Crippen molar-refractivity contribution in [1.29, 1.82) is 0 Å². The van der Waals surface area contributed by atoms with E-state index in [4.69, 9.17) is 4.74 Å². The summed E-state index contributed by atoms with van der Waals surface area (Å²) in [5, 5.41) is 0. The predicted octanol–water partition coefficient (Wildman–Crippen LogP) is 1.60. The van der Waals surface area contributed by atoms with Crippen LogP contribution < -0.4 is 0 Å². The third-order valence-corrected chi connectivity index (χ3v) is 5.18. The summed E-state index contributed by atoms with van der Waals surface area (Å²) in [6.45, 7) is 11.3. The molecule has 0 saturated carbocycles. The molecule has 3 fully saturated rings. The van der Waals surface area contributed by atoms with E-state index >= 15 is 0 Å². The van der Waals surface area contributed by atoms with Crippen LogP contribution in [0.2, 0.25) is 0 Å². The normalized spacial score (nSPS) is 34.8. The molecule has 0 aromatic carbocycles. The van der Waals surface area contributed by atoms with Gasteiger partial charge in [-0.2, -0.15) is 0 Å². The standard InChI is InChI=1S/C16H28N2O2/c1-13(2)9-17-6-3-14(10-17)15(19)18-7-4-16(11-18)5-8-20-12-16/h13-14H,3-12H2,1-2H3/t14-,16+/m1/s1. The first-order chi connectivity index (χ1) is 9.58. The molecule has 3 aliphatic heterocycles. The van der Waals surface area contributed by atoms with E-state index in [9.17, 15) is 4.79 Å². The van der Waals surface area contributed by atoms with Crippen molar-refractivity contribution in [2.75, 3.05) is 45.9 Å². The molecule has 3 aliphatic rings. The van der Waals surface area contributed by atoms with Crippen LogP contribution in [0.3, 0.4) is 0 Å². The molecule has 3 heterocycles. The highest BCUT2D eigenvalue weighted by molar-refractivity contribution is 5.79. The second-order valence-corrected chi connectivity index (χ2v) is 7.45. The second kappa shape index (κ2) is 5.64. The summed E-state index contributed by atoms with van der Waals surface area (Å²) < 4.78 is 5.55. The fourth-order valence-electron chi connectivity index (χ4n) is 4.07. The van der Waals surface area contributed by atoms with Crippen molar-refractivity contribution in [3.05, 3.63) is 0 Å². The Bertz CT molecular complexity index is 363. The van der Waals surface area contributed by atoms with Crippen LogP contribution in [-0.2, 0) is 9.53 Å². The Labute approximate surface area is 122 Å². The zero-order chi connectivity index (χ0) is 14.2. The number of likely N-dealkylation sites (tertiary alicyclic amines) is 2. The lowest BCUT2D eigenvalue weighted by Crippen LogP contribution is -2.38. The van der Waals surface area contributed by atoms with Crippen molar-refractivity contribution in [2.45, 2.75) is 33.1 Å². The molecule has 0 bridgehead atoms. The maximum atomic E-state index is 12.7. The van der Waals surface area contributed by atoms with Gasteiger partial charge in [-0.05, 0) is 31.7 Å². The minimum Gasteiger partial charge on any atom is -0.381 e. The number of carbonyl (C=O) groups excluding carboxylic acids is 1. The molecule has 0 N–H and O–H groups in total. The Morgan fingerprint density at radius 2 is 2.20 bits per heavy atom. The van der Waals surface area contributed by atoms with E-state index in [0.29, 0.717) is 17.2 Å². The summed E-state index contributed by atoms with van der Waals surface area (Å²) in [6.07, 6.45) is 3.33. The number of amides is 1. The van der Waals surface area contributed by atoms with Crippen molar-refractivity contribution in [2.24, 2.45) is 17.3 Å². The lowest BCUT2D eigenvalue weighted by Gasteiger charge is -2.24. The highest BCUT2D eigenvalue weighted by atomic mass is 16.5. The predicted molar refractivity (Wildman–Crippen MR) is 78.5 cm³/mol. The van der Waals surface area contributed by atoms with Crippen LogP contribution >= 0.6 is 0 Å². The molecule has 0 radical (unpaired) electrons. The number of ether oxygens (including phenoxy) is 1. The number of hydrogen-bond acceptors (Lipinski definition) is 3. The topological polar surface area (TPSA) is 32.8 Å². The molecule has 0 aromatic heterocycles. The van der Waals surface area contributed by atoms with Crippen LogP contribution in [0.25, 0.3) is 0 Å². The maximum Gasteiger partial charge on any atom is 0.227 e. The summed E-state index contributed by atoms with van der Waals surface area (Å²) in [4.78, 5) is 17.3. The van der Waals surface area contributed by atoms with Gasteiger partial charge < -0.3 is 14.5 Å². The van der Waals surface area contributed by atoms with Crippen molar-refractivity contribution < 1.29 is 9.53 Å². The van der Waals surface area contributed by atoms with E-state index in [2.05, 4.69) is 23.6 Å². The quantitative estimate of drug-likeness (QED) is 0.787. The van der Waals surface area contributed by atoms with E-state index in [-0.39, 0.29) is 5.92 Å². The van der Waals surface area contributed by atoms with Gasteiger partial charge in [-0.25, -0.2) is 0 Å². The van der Waals surface area contributed by atoms with Crippen molar-refractivity contribution in [3.63, 3.8) is 0 Å². The molecular formula is C16H28N2O2. The SMILES string of the molecule is CC(C)CN1CC[C@@H](C(=O)N2CC[C@]3(CCOC3)C2)C1. The van der Waals surface area contributed by atoms with Crippen molar-refractivity contribution >= 4 is 5.91 Å². The third-order valence-electron chi connectivity index (χ3n) is 5.18. The molecule has 0 aliphatic carbocycles. The molecule has 2 atom stereocenters. The Kier molecular flexibility index (Phi) is 4.04. The summed E-state index contributed by atoms with van der Waals surface area (Å²) in [6, 6.07) is 0. The van der Waals surface area contributed by atoms with Gasteiger partial charge in [0.25, 0.3) is 0 Å². The van der Waals surface area contributed by atoms with Crippen LogP contribution in [0.4, 0.5) is 0 Å². The van der Waals surface area contributed by atoms with Crippen LogP contribution in [0, 0.1) is 17.3 Å². The van der Waals surface area contributed by atoms with Gasteiger partial charge in [0, 0.05) is 38.2 Å². The number of nitrogens with zero attached hydrogens (tertiary/aromatic N) is 2. The highest BCUT2D eigenvalue weighted by Crippen LogP contribution is 2.39. The van der Waals surface area contributed by atoms with Gasteiger partial charge in [-0.15, -0.1) is 0 Å². The Balaban J connectivity index is 1.52. The maximum absolute atomic E-state index is 12.7. The van der Waals surface area contributed by atoms with E-state index in [1.165, 1.54) is 0 Å². The minimum absolute atomic E-state index is 0.242. The Morgan fingerprint density at radius 3 is 2.90 bits per heavy atom. The summed E-state index contributed by atoms with van der Waals surface area (Å²) in [5.41, 5.74) is 0.298. The number of hydrogen-bond donors (Lipinski definition) is 0. The molecule has 20 heavy (non-hydrogen) atoms. The van der Waals surface area contributed by atoms with Gasteiger partial charge in [0.05, 0.1) is 12.5 Å². The smallest absolute Gasteiger partial charge is 0.227 e. The molecule has 1 spiro atoms. The van der Waals surface area contributed by atoms with Gasteiger partial charge >= 0.3 is 0 Å². The number of carbonyl (C=O) groups is 1. The summed E-state index contributed by atoms with van der Waals surface area (Å²) in [5.74, 6) is 1.33. The lowest BCUT2D eigenvalue weighted by molar-refractivity contribution is -0.134. The molecule has 0 aromatic rings. The first-order valence-electron chi connectivity index (χ1n) is 8.17. The first kappa shape index (κ1) is 14.3. The molecule has 1 amide bonds. The van der Waals surface area contributed by atoms with Gasteiger partial charge in [-0.3, -0.25) is 4.79 Å². The van der Waals surface area contributed by atoms with E-state index < -0.39 is 0 Å². The fraction of sp³-hybridized carbons (Fsp3) is 0.938. The molecular weight excluding hydrogens is 252 g/mol. The largest absolute Gasteiger partial charge is 0.381 e. The highest BCUT2D eigenvalue weighted by Gasteiger charge is 2.44. The van der Waals surface area contributed by atoms with Crippen molar-refractivity contribution in [1.82, 2.24) is 9.80 Å². The van der Waals surface area contributed by atoms with Crippen LogP contribution in [0.5, 0.6) is 0 Å². The van der Waals surface area contributed by atoms with Crippen LogP contribution in [-0.4, -0.2) is 61.6 Å². The lowest BCUT2D eigenvalue weighted by atomic mass is 9.87. The Morgan fingerprint density at radius 1 is 1.35 bits per heavy atom. The van der Waals surface area contributed by atoms with E-state index in [1.54, 1.807) is 0 Å². The van der Waals surface area contributed by atoms with E-state index in [0.717, 1.165) is 65.2 Å². The summed E-state index contributed by atoms with van der Waals surface area (Å²) >= 11 is 0. The fourth-order valence-corrected chi connectivity index (χ4v) is 4.07. The van der Waals surface area contributed by atoms with Gasteiger partial charge in [-0.1, -0.05) is 13.8 Å². The molecule has 3 rings (SSSR count). The minimum atomic E-state index is 0.242. The average molecular weight is 280 g/mol. The average Bonchev–Trinajstić information content (AvgIpc) is 3.11. The second-order valence-electron chi connectivity index (χ2n) is 7.45. The van der Waals surface area contributed by atoms with Crippen LogP contribution in [0.1, 0.15) is 33.1 Å². The molecule has 0 unspecified atom stereocenters. The molecule has 4 heteroatoms. The van der Waals surface area contributed by atoms with Crippen LogP contribution in [0.15, 0.2) is 0 Å². The van der Waals surface area contributed by atoms with E-state index in [1.807, 2.05) is 0 Å². The van der Waals surface area contributed by atoms with Gasteiger partial charge in [0.2, 0.25) is 5.91 Å². The zero-order valence-corrected chi connectivity index (χ0v) is 12.9.